The standard InChI is InChI=1S/C31H27N3O3S2/c1-36-26-15-14-21(17-27(26)37-2)25-18-24(28-13-8-16-38-28)33-34(25)29(35)19-39-31-22-11-6-7-12-23(22)32-30(31)20-9-4-3-5-10-20/h3-17,25,32H,18-19H2,1-2H3. The van der Waals surface area contributed by atoms with Gasteiger partial charge in [0.15, 0.2) is 11.5 Å². The van der Waals surface area contributed by atoms with E-state index >= 15 is 0 Å². The lowest BCUT2D eigenvalue weighted by Crippen LogP contribution is -2.28. The maximum atomic E-state index is 13.8. The number of thioether (sulfide) groups is 1. The summed E-state index contributed by atoms with van der Waals surface area (Å²) in [4.78, 5) is 19.5. The Morgan fingerprint density at radius 3 is 2.56 bits per heavy atom. The van der Waals surface area contributed by atoms with Gasteiger partial charge >= 0.3 is 0 Å². The molecule has 0 aliphatic carbocycles. The van der Waals surface area contributed by atoms with Crippen LogP contribution in [0.5, 0.6) is 11.5 Å². The molecule has 196 valence electrons. The van der Waals surface area contributed by atoms with E-state index in [9.17, 15) is 4.79 Å². The lowest BCUT2D eigenvalue weighted by atomic mass is 10.0. The van der Waals surface area contributed by atoms with Crippen molar-refractivity contribution >= 4 is 45.6 Å². The fraction of sp³-hybridized carbons (Fsp3) is 0.161. The number of ether oxygens (including phenoxy) is 2. The van der Waals surface area contributed by atoms with Crippen LogP contribution < -0.4 is 9.47 Å². The highest BCUT2D eigenvalue weighted by Gasteiger charge is 2.34. The predicted octanol–water partition coefficient (Wildman–Crippen LogP) is 7.38. The van der Waals surface area contributed by atoms with Crippen LogP contribution in [0.15, 0.2) is 100 Å². The highest BCUT2D eigenvalue weighted by atomic mass is 32.2. The molecular weight excluding hydrogens is 526 g/mol. The second kappa shape index (κ2) is 11.0. The number of hydrazone groups is 1. The number of nitrogens with zero attached hydrogens (tertiary/aromatic N) is 2. The molecule has 1 amide bonds. The Morgan fingerprint density at radius 2 is 1.79 bits per heavy atom. The van der Waals surface area contributed by atoms with Gasteiger partial charge in [0.05, 0.1) is 42.3 Å². The van der Waals surface area contributed by atoms with Gasteiger partial charge in [-0.15, -0.1) is 23.1 Å². The summed E-state index contributed by atoms with van der Waals surface area (Å²) in [6.45, 7) is 0. The number of hydrogen-bond donors (Lipinski definition) is 1. The molecule has 1 N–H and O–H groups in total. The minimum absolute atomic E-state index is 0.0457. The molecule has 6 rings (SSSR count). The van der Waals surface area contributed by atoms with Crippen molar-refractivity contribution in [1.82, 2.24) is 9.99 Å². The second-order valence-electron chi connectivity index (χ2n) is 9.13. The van der Waals surface area contributed by atoms with Crippen LogP contribution in [-0.4, -0.2) is 41.6 Å². The van der Waals surface area contributed by atoms with Crippen LogP contribution in [0, 0.1) is 0 Å². The van der Waals surface area contributed by atoms with Crippen molar-refractivity contribution < 1.29 is 14.3 Å². The highest BCUT2D eigenvalue weighted by Crippen LogP contribution is 2.41. The van der Waals surface area contributed by atoms with Gasteiger partial charge in [-0.2, -0.15) is 5.10 Å². The summed E-state index contributed by atoms with van der Waals surface area (Å²) in [6.07, 6.45) is 0.634. The number of rotatable bonds is 8. The maximum absolute atomic E-state index is 13.8. The van der Waals surface area contributed by atoms with Crippen molar-refractivity contribution in [2.45, 2.75) is 17.4 Å². The molecule has 0 fully saturated rings. The molecule has 1 atom stereocenters. The van der Waals surface area contributed by atoms with Crippen LogP contribution in [0.25, 0.3) is 22.2 Å². The average Bonchev–Trinajstić information content (AvgIpc) is 3.75. The van der Waals surface area contributed by atoms with Crippen LogP contribution in [0.4, 0.5) is 0 Å². The third kappa shape index (κ3) is 4.93. The summed E-state index contributed by atoms with van der Waals surface area (Å²) in [5, 5.41) is 9.64. The largest absolute Gasteiger partial charge is 0.493 e. The SMILES string of the molecule is COc1ccc(C2CC(c3cccs3)=NN2C(=O)CSc2c(-c3ccccc3)[nH]c3ccccc23)cc1OC. The van der Waals surface area contributed by atoms with E-state index in [0.29, 0.717) is 17.9 Å². The van der Waals surface area contributed by atoms with E-state index in [1.165, 1.54) is 0 Å². The van der Waals surface area contributed by atoms with Crippen molar-refractivity contribution in [3.05, 3.63) is 101 Å². The Balaban J connectivity index is 1.32. The van der Waals surface area contributed by atoms with Crippen LogP contribution in [0.1, 0.15) is 22.9 Å². The summed E-state index contributed by atoms with van der Waals surface area (Å²) in [5.74, 6) is 1.50. The minimum Gasteiger partial charge on any atom is -0.493 e. The number of para-hydroxylation sites is 1. The van der Waals surface area contributed by atoms with Crippen molar-refractivity contribution in [2.24, 2.45) is 5.10 Å². The molecule has 0 saturated carbocycles. The van der Waals surface area contributed by atoms with E-state index in [4.69, 9.17) is 14.6 Å². The number of benzene rings is 3. The first-order chi connectivity index (χ1) is 19.2. The molecule has 3 aromatic carbocycles. The Kier molecular flexibility index (Phi) is 7.13. The van der Waals surface area contributed by atoms with Crippen molar-refractivity contribution in [3.63, 3.8) is 0 Å². The van der Waals surface area contributed by atoms with Gasteiger partial charge in [-0.25, -0.2) is 5.01 Å². The van der Waals surface area contributed by atoms with E-state index in [1.54, 1.807) is 42.3 Å². The van der Waals surface area contributed by atoms with Crippen molar-refractivity contribution in [2.75, 3.05) is 20.0 Å². The molecule has 3 heterocycles. The summed E-state index contributed by atoms with van der Waals surface area (Å²) in [6, 6.07) is 28.1. The molecule has 0 saturated heterocycles. The van der Waals surface area contributed by atoms with E-state index in [1.807, 2.05) is 60.0 Å². The van der Waals surface area contributed by atoms with Crippen LogP contribution >= 0.6 is 23.1 Å². The van der Waals surface area contributed by atoms with E-state index in [-0.39, 0.29) is 17.7 Å². The highest BCUT2D eigenvalue weighted by molar-refractivity contribution is 8.00. The summed E-state index contributed by atoms with van der Waals surface area (Å²) < 4.78 is 11.0. The molecule has 0 bridgehead atoms. The normalized spacial score (nSPS) is 15.0. The zero-order chi connectivity index (χ0) is 26.8. The van der Waals surface area contributed by atoms with Crippen LogP contribution in [0.2, 0.25) is 0 Å². The summed E-state index contributed by atoms with van der Waals surface area (Å²) >= 11 is 3.18. The molecule has 6 nitrogen and oxygen atoms in total. The predicted molar refractivity (Wildman–Crippen MR) is 159 cm³/mol. The fourth-order valence-electron chi connectivity index (χ4n) is 4.93. The van der Waals surface area contributed by atoms with Gasteiger partial charge < -0.3 is 14.5 Å². The number of amides is 1. The van der Waals surface area contributed by atoms with Crippen molar-refractivity contribution in [3.8, 4) is 22.8 Å². The number of aromatic amines is 1. The summed E-state index contributed by atoms with van der Waals surface area (Å²) in [5.41, 5.74) is 5.04. The number of carbonyl (C=O) groups excluding carboxylic acids is 1. The third-order valence-corrected chi connectivity index (χ3v) is 8.85. The Bertz CT molecular complexity index is 1640. The van der Waals surface area contributed by atoms with Gasteiger partial charge in [0.2, 0.25) is 0 Å². The molecule has 2 aromatic heterocycles. The number of fused-ring (bicyclic) bond motifs is 1. The van der Waals surface area contributed by atoms with E-state index in [0.717, 1.165) is 43.2 Å². The van der Waals surface area contributed by atoms with Crippen LogP contribution in [0.3, 0.4) is 0 Å². The molecule has 1 unspecified atom stereocenters. The quantitative estimate of drug-likeness (QED) is 0.204. The van der Waals surface area contributed by atoms with Gasteiger partial charge in [0, 0.05) is 22.2 Å². The molecular formula is C31H27N3O3S2. The maximum Gasteiger partial charge on any atom is 0.253 e. The number of aromatic nitrogens is 1. The molecule has 1 aliphatic rings. The lowest BCUT2D eigenvalue weighted by molar-refractivity contribution is -0.130. The minimum atomic E-state index is -0.230. The average molecular weight is 554 g/mol. The number of methoxy groups -OCH3 is 2. The van der Waals surface area contributed by atoms with Gasteiger partial charge in [-0.3, -0.25) is 4.79 Å². The smallest absolute Gasteiger partial charge is 0.253 e. The number of nitrogens with one attached hydrogen (secondary N) is 1. The van der Waals surface area contributed by atoms with E-state index in [2.05, 4.69) is 35.3 Å². The lowest BCUT2D eigenvalue weighted by Gasteiger charge is -2.23. The topological polar surface area (TPSA) is 66.9 Å². The van der Waals surface area contributed by atoms with Gasteiger partial charge in [0.1, 0.15) is 0 Å². The monoisotopic (exact) mass is 553 g/mol. The first-order valence-electron chi connectivity index (χ1n) is 12.6. The van der Waals surface area contributed by atoms with Gasteiger partial charge in [0.25, 0.3) is 5.91 Å². The fourth-order valence-corrected chi connectivity index (χ4v) is 6.69. The number of thiophene rings is 1. The zero-order valence-electron chi connectivity index (χ0n) is 21.6. The first-order valence-corrected chi connectivity index (χ1v) is 14.5. The van der Waals surface area contributed by atoms with Crippen molar-refractivity contribution in [1.29, 1.82) is 0 Å². The molecule has 8 heteroatoms. The Morgan fingerprint density at radius 1 is 1.00 bits per heavy atom. The number of hydrogen-bond acceptors (Lipinski definition) is 6. The third-order valence-electron chi connectivity index (χ3n) is 6.82. The second-order valence-corrected chi connectivity index (χ2v) is 11.1. The molecule has 1 aliphatic heterocycles. The summed E-state index contributed by atoms with van der Waals surface area (Å²) in [7, 11) is 3.24. The first kappa shape index (κ1) is 25.3. The Labute approximate surface area is 235 Å². The molecule has 39 heavy (non-hydrogen) atoms. The van der Waals surface area contributed by atoms with Gasteiger partial charge in [-0.1, -0.05) is 60.7 Å². The molecule has 0 radical (unpaired) electrons. The zero-order valence-corrected chi connectivity index (χ0v) is 23.2. The van der Waals surface area contributed by atoms with Crippen LogP contribution in [-0.2, 0) is 4.79 Å². The van der Waals surface area contributed by atoms with E-state index < -0.39 is 0 Å². The van der Waals surface area contributed by atoms with Gasteiger partial charge in [-0.05, 0) is 40.8 Å². The number of carbonyl (C=O) groups is 1. The Hall–Kier alpha value is -4.01. The number of H-pyrrole nitrogens is 1. The molecule has 0 spiro atoms. The molecule has 5 aromatic rings.